The lowest BCUT2D eigenvalue weighted by Gasteiger charge is -2.33. The fraction of sp³-hybridized carbons (Fsp3) is 0.625. The number of rotatable bonds is 6. The summed E-state index contributed by atoms with van der Waals surface area (Å²) in [6.45, 7) is 6.63. The number of hydrogen-bond acceptors (Lipinski definition) is 4. The zero-order chi connectivity index (χ0) is 18.0. The molecule has 2 rings (SSSR count). The van der Waals surface area contributed by atoms with E-state index < -0.39 is 20.0 Å². The number of sulfonamides is 2. The van der Waals surface area contributed by atoms with Crippen LogP contribution in [0.15, 0.2) is 29.2 Å². The van der Waals surface area contributed by atoms with Gasteiger partial charge in [0.2, 0.25) is 20.0 Å². The quantitative estimate of drug-likeness (QED) is 0.757. The van der Waals surface area contributed by atoms with Crippen LogP contribution in [0.3, 0.4) is 0 Å². The summed E-state index contributed by atoms with van der Waals surface area (Å²) >= 11 is 0. The van der Waals surface area contributed by atoms with E-state index in [9.17, 15) is 16.8 Å². The lowest BCUT2D eigenvalue weighted by Crippen LogP contribution is -2.50. The van der Waals surface area contributed by atoms with Crippen LogP contribution in [0, 0.1) is 5.92 Å². The molecule has 0 spiro atoms. The molecule has 1 aromatic rings. The van der Waals surface area contributed by atoms with Crippen LogP contribution >= 0.6 is 0 Å². The highest BCUT2D eigenvalue weighted by molar-refractivity contribution is 7.89. The highest BCUT2D eigenvalue weighted by atomic mass is 32.2. The van der Waals surface area contributed by atoms with E-state index in [1.54, 1.807) is 19.1 Å². The van der Waals surface area contributed by atoms with Crippen LogP contribution < -0.4 is 0 Å². The van der Waals surface area contributed by atoms with Crippen molar-refractivity contribution in [3.05, 3.63) is 29.8 Å². The average molecular weight is 375 g/mol. The van der Waals surface area contributed by atoms with E-state index in [4.69, 9.17) is 0 Å². The molecule has 0 unspecified atom stereocenters. The standard InChI is InChI=1S/C16H26N2O4S2/c1-4-23(19,20)17-9-11-18(12-10-17)24(21,22)16-7-5-15(6-8-16)13-14(2)3/h5-8,14H,4,9-13H2,1-3H3. The molecule has 1 aromatic carbocycles. The van der Waals surface area contributed by atoms with Gasteiger partial charge in [-0.3, -0.25) is 0 Å². The summed E-state index contributed by atoms with van der Waals surface area (Å²) in [6.07, 6.45) is 0.911. The van der Waals surface area contributed by atoms with Gasteiger partial charge in [0, 0.05) is 26.2 Å². The van der Waals surface area contributed by atoms with Gasteiger partial charge in [0.25, 0.3) is 0 Å². The predicted octanol–water partition coefficient (Wildman–Crippen LogP) is 1.54. The predicted molar refractivity (Wildman–Crippen MR) is 94.8 cm³/mol. The first kappa shape index (κ1) is 19.4. The molecular weight excluding hydrogens is 348 g/mol. The van der Waals surface area contributed by atoms with E-state index in [0.29, 0.717) is 5.92 Å². The summed E-state index contributed by atoms with van der Waals surface area (Å²) in [5.41, 5.74) is 1.11. The molecule has 6 nitrogen and oxygen atoms in total. The Morgan fingerprint density at radius 3 is 1.88 bits per heavy atom. The lowest BCUT2D eigenvalue weighted by molar-refractivity contribution is 0.273. The largest absolute Gasteiger partial charge is 0.243 e. The third-order valence-corrected chi connectivity index (χ3v) is 7.96. The van der Waals surface area contributed by atoms with Crippen LogP contribution in [0.25, 0.3) is 0 Å². The molecule has 136 valence electrons. The van der Waals surface area contributed by atoms with Crippen LogP contribution in [-0.4, -0.2) is 57.4 Å². The molecule has 0 bridgehead atoms. The van der Waals surface area contributed by atoms with Crippen molar-refractivity contribution in [1.82, 2.24) is 8.61 Å². The molecule has 0 saturated carbocycles. The minimum Gasteiger partial charge on any atom is -0.212 e. The van der Waals surface area contributed by atoms with Crippen molar-refractivity contribution in [2.45, 2.75) is 32.1 Å². The monoisotopic (exact) mass is 374 g/mol. The van der Waals surface area contributed by atoms with E-state index in [0.717, 1.165) is 12.0 Å². The van der Waals surface area contributed by atoms with Crippen molar-refractivity contribution >= 4 is 20.0 Å². The third kappa shape index (κ3) is 4.36. The second-order valence-electron chi connectivity index (χ2n) is 6.45. The molecule has 1 saturated heterocycles. The Bertz CT molecular complexity index is 748. The SMILES string of the molecule is CCS(=O)(=O)N1CCN(S(=O)(=O)c2ccc(CC(C)C)cc2)CC1. The van der Waals surface area contributed by atoms with E-state index in [-0.39, 0.29) is 36.8 Å². The van der Waals surface area contributed by atoms with Gasteiger partial charge >= 0.3 is 0 Å². The zero-order valence-corrected chi connectivity index (χ0v) is 16.1. The van der Waals surface area contributed by atoms with Crippen LogP contribution in [0.5, 0.6) is 0 Å². The highest BCUT2D eigenvalue weighted by Crippen LogP contribution is 2.20. The van der Waals surface area contributed by atoms with Crippen LogP contribution in [0.2, 0.25) is 0 Å². The molecule has 0 atom stereocenters. The van der Waals surface area contributed by atoms with E-state index in [2.05, 4.69) is 13.8 Å². The van der Waals surface area contributed by atoms with Crippen molar-refractivity contribution in [2.75, 3.05) is 31.9 Å². The van der Waals surface area contributed by atoms with Gasteiger partial charge in [0.05, 0.1) is 10.6 Å². The number of benzene rings is 1. The third-order valence-electron chi connectivity index (χ3n) is 4.16. The second-order valence-corrected chi connectivity index (χ2v) is 10.6. The van der Waals surface area contributed by atoms with Gasteiger partial charge in [-0.2, -0.15) is 8.61 Å². The van der Waals surface area contributed by atoms with Crippen molar-refractivity contribution in [3.63, 3.8) is 0 Å². The molecule has 0 aromatic heterocycles. The maximum absolute atomic E-state index is 12.7. The smallest absolute Gasteiger partial charge is 0.212 e. The summed E-state index contributed by atoms with van der Waals surface area (Å²) in [6, 6.07) is 6.99. The van der Waals surface area contributed by atoms with Crippen LogP contribution in [0.1, 0.15) is 26.3 Å². The number of piperazine rings is 1. The van der Waals surface area contributed by atoms with Crippen molar-refractivity contribution < 1.29 is 16.8 Å². The Labute approximate surface area is 145 Å². The van der Waals surface area contributed by atoms with Gasteiger partial charge in [-0.25, -0.2) is 16.8 Å². The molecule has 0 N–H and O–H groups in total. The normalized spacial score (nSPS) is 18.2. The first-order valence-electron chi connectivity index (χ1n) is 8.23. The zero-order valence-electron chi connectivity index (χ0n) is 14.5. The Kier molecular flexibility index (Phi) is 6.06. The molecule has 8 heteroatoms. The van der Waals surface area contributed by atoms with Gasteiger partial charge in [-0.05, 0) is 37.0 Å². The maximum Gasteiger partial charge on any atom is 0.243 e. The Morgan fingerprint density at radius 1 is 0.917 bits per heavy atom. The average Bonchev–Trinajstić information content (AvgIpc) is 2.55. The fourth-order valence-corrected chi connectivity index (χ4v) is 5.30. The van der Waals surface area contributed by atoms with E-state index >= 15 is 0 Å². The first-order valence-corrected chi connectivity index (χ1v) is 11.3. The number of nitrogens with zero attached hydrogens (tertiary/aromatic N) is 2. The minimum absolute atomic E-state index is 0.0388. The Hall–Kier alpha value is -0.960. The van der Waals surface area contributed by atoms with Crippen molar-refractivity contribution in [1.29, 1.82) is 0 Å². The maximum atomic E-state index is 12.7. The van der Waals surface area contributed by atoms with Crippen LogP contribution in [0.4, 0.5) is 0 Å². The van der Waals surface area contributed by atoms with Gasteiger partial charge in [0.1, 0.15) is 0 Å². The lowest BCUT2D eigenvalue weighted by atomic mass is 10.0. The fourth-order valence-electron chi connectivity index (χ4n) is 2.79. The molecule has 0 amide bonds. The molecule has 1 aliphatic rings. The number of hydrogen-bond donors (Lipinski definition) is 0. The van der Waals surface area contributed by atoms with E-state index in [1.807, 2.05) is 12.1 Å². The van der Waals surface area contributed by atoms with Crippen molar-refractivity contribution in [2.24, 2.45) is 5.92 Å². The van der Waals surface area contributed by atoms with E-state index in [1.165, 1.54) is 8.61 Å². The van der Waals surface area contributed by atoms with Gasteiger partial charge in [-0.15, -0.1) is 0 Å². The molecule has 1 aliphatic heterocycles. The summed E-state index contributed by atoms with van der Waals surface area (Å²) < 4.78 is 51.9. The summed E-state index contributed by atoms with van der Waals surface area (Å²) in [5.74, 6) is 0.554. The summed E-state index contributed by atoms with van der Waals surface area (Å²) in [7, 11) is -6.83. The van der Waals surface area contributed by atoms with Gasteiger partial charge in [-0.1, -0.05) is 26.0 Å². The molecule has 0 radical (unpaired) electrons. The Balaban J connectivity index is 2.09. The summed E-state index contributed by atoms with van der Waals surface area (Å²) in [4.78, 5) is 0.266. The first-order chi connectivity index (χ1) is 11.2. The highest BCUT2D eigenvalue weighted by Gasteiger charge is 2.32. The molecular formula is C16H26N2O4S2. The molecule has 1 heterocycles. The van der Waals surface area contributed by atoms with Gasteiger partial charge < -0.3 is 0 Å². The molecule has 1 fully saturated rings. The van der Waals surface area contributed by atoms with Crippen molar-refractivity contribution in [3.8, 4) is 0 Å². The van der Waals surface area contributed by atoms with Crippen LogP contribution in [-0.2, 0) is 26.5 Å². The topological polar surface area (TPSA) is 74.8 Å². The molecule has 0 aliphatic carbocycles. The minimum atomic E-state index is -3.57. The summed E-state index contributed by atoms with van der Waals surface area (Å²) in [5, 5.41) is 0. The Morgan fingerprint density at radius 2 is 1.42 bits per heavy atom. The second kappa shape index (κ2) is 7.51. The van der Waals surface area contributed by atoms with Gasteiger partial charge in [0.15, 0.2) is 0 Å². The molecule has 24 heavy (non-hydrogen) atoms.